The molecule has 0 saturated carbocycles. The van der Waals surface area contributed by atoms with Crippen LogP contribution in [0.5, 0.6) is 0 Å². The fraction of sp³-hybridized carbons (Fsp3) is 0.182. The summed E-state index contributed by atoms with van der Waals surface area (Å²) in [5.41, 5.74) is 2.67. The first kappa shape index (κ1) is 12.1. The van der Waals surface area contributed by atoms with Crippen LogP contribution in [0.1, 0.15) is 5.56 Å². The summed E-state index contributed by atoms with van der Waals surface area (Å²) in [6, 6.07) is 9.62. The van der Waals surface area contributed by atoms with Crippen LogP contribution in [-0.4, -0.2) is 24.4 Å². The lowest BCUT2D eigenvalue weighted by Crippen LogP contribution is -2.01. The zero-order valence-corrected chi connectivity index (χ0v) is 10.5. The summed E-state index contributed by atoms with van der Waals surface area (Å²) < 4.78 is 21.8. The van der Waals surface area contributed by atoms with E-state index in [9.17, 15) is 8.42 Å². The van der Waals surface area contributed by atoms with Crippen molar-refractivity contribution in [3.05, 3.63) is 42.1 Å². The fourth-order valence-electron chi connectivity index (χ4n) is 1.59. The molecule has 2 aromatic rings. The van der Waals surface area contributed by atoms with Crippen LogP contribution in [0.15, 0.2) is 36.5 Å². The van der Waals surface area contributed by atoms with Crippen molar-refractivity contribution in [2.24, 2.45) is 0 Å². The zero-order valence-electron chi connectivity index (χ0n) is 8.93. The van der Waals surface area contributed by atoms with Crippen molar-refractivity contribution in [1.29, 1.82) is 0 Å². The Kier molecular flexibility index (Phi) is 3.49. The molecule has 0 atom stereocenters. The highest BCUT2D eigenvalue weighted by atomic mass is 35.7. The van der Waals surface area contributed by atoms with Crippen molar-refractivity contribution in [2.45, 2.75) is 6.42 Å². The largest absolute Gasteiger partial charge is 0.278 e. The van der Waals surface area contributed by atoms with Gasteiger partial charge in [0.1, 0.15) is 0 Å². The van der Waals surface area contributed by atoms with Gasteiger partial charge in [-0.15, -0.1) is 0 Å². The molecule has 1 N–H and O–H groups in total. The normalized spacial score (nSPS) is 11.6. The Morgan fingerprint density at radius 1 is 1.24 bits per heavy atom. The quantitative estimate of drug-likeness (QED) is 0.866. The number of rotatable bonds is 4. The van der Waals surface area contributed by atoms with Crippen molar-refractivity contribution >= 4 is 19.7 Å². The van der Waals surface area contributed by atoms with Gasteiger partial charge in [-0.1, -0.05) is 30.3 Å². The average molecular weight is 271 g/mol. The number of hydrogen-bond donors (Lipinski definition) is 1. The fourth-order valence-corrected chi connectivity index (χ4v) is 2.28. The average Bonchev–Trinajstić information content (AvgIpc) is 2.75. The number of aromatic amines is 1. The number of nitrogens with one attached hydrogen (secondary N) is 1. The van der Waals surface area contributed by atoms with E-state index in [1.165, 1.54) is 0 Å². The highest BCUT2D eigenvalue weighted by Gasteiger charge is 2.11. The van der Waals surface area contributed by atoms with Gasteiger partial charge >= 0.3 is 0 Å². The summed E-state index contributed by atoms with van der Waals surface area (Å²) in [5, 5.41) is 6.81. The molecule has 0 fully saturated rings. The van der Waals surface area contributed by atoms with Gasteiger partial charge in [-0.3, -0.25) is 5.10 Å². The van der Waals surface area contributed by atoms with Crippen LogP contribution in [0.2, 0.25) is 0 Å². The summed E-state index contributed by atoms with van der Waals surface area (Å²) in [6.07, 6.45) is 1.98. The molecule has 0 radical (unpaired) electrons. The van der Waals surface area contributed by atoms with Gasteiger partial charge in [-0.25, -0.2) is 8.42 Å². The van der Waals surface area contributed by atoms with Crippen LogP contribution in [0.25, 0.3) is 11.3 Å². The lowest BCUT2D eigenvalue weighted by atomic mass is 10.1. The molecule has 0 bridgehead atoms. The van der Waals surface area contributed by atoms with Crippen LogP contribution in [0.3, 0.4) is 0 Å². The van der Waals surface area contributed by atoms with E-state index >= 15 is 0 Å². The highest BCUT2D eigenvalue weighted by molar-refractivity contribution is 8.13. The van der Waals surface area contributed by atoms with E-state index in [0.29, 0.717) is 6.42 Å². The van der Waals surface area contributed by atoms with Crippen LogP contribution >= 0.6 is 10.7 Å². The number of aryl methyl sites for hydroxylation is 1. The van der Waals surface area contributed by atoms with Crippen LogP contribution in [-0.2, 0) is 15.5 Å². The van der Waals surface area contributed by atoms with E-state index in [0.717, 1.165) is 16.8 Å². The van der Waals surface area contributed by atoms with Crippen molar-refractivity contribution < 1.29 is 8.42 Å². The van der Waals surface area contributed by atoms with E-state index < -0.39 is 9.05 Å². The molecule has 4 nitrogen and oxygen atoms in total. The maximum atomic E-state index is 10.9. The van der Waals surface area contributed by atoms with Gasteiger partial charge in [-0.2, -0.15) is 5.10 Å². The summed E-state index contributed by atoms with van der Waals surface area (Å²) in [4.78, 5) is 0. The maximum absolute atomic E-state index is 10.9. The molecule has 0 aliphatic heterocycles. The molecule has 1 aromatic carbocycles. The third-order valence-corrected chi connectivity index (χ3v) is 3.55. The Morgan fingerprint density at radius 3 is 2.59 bits per heavy atom. The third kappa shape index (κ3) is 3.31. The van der Waals surface area contributed by atoms with Crippen LogP contribution in [0, 0.1) is 0 Å². The lowest BCUT2D eigenvalue weighted by molar-refractivity contribution is 0.609. The topological polar surface area (TPSA) is 62.8 Å². The number of aromatic nitrogens is 2. The number of nitrogens with zero attached hydrogens (tertiary/aromatic N) is 1. The minimum atomic E-state index is -3.47. The summed E-state index contributed by atoms with van der Waals surface area (Å²) in [6.45, 7) is 0. The van der Waals surface area contributed by atoms with E-state index in [-0.39, 0.29) is 5.75 Å². The standard InChI is InChI=1S/C11H11ClN2O2S/c12-17(15,16)7-6-10-8-13-14-11(10)9-4-2-1-3-5-9/h1-5,8H,6-7H2,(H,13,14). The van der Waals surface area contributed by atoms with Gasteiger partial charge in [0.2, 0.25) is 9.05 Å². The molecular weight excluding hydrogens is 260 g/mol. The summed E-state index contributed by atoms with van der Waals surface area (Å²) in [7, 11) is 1.72. The number of halogens is 1. The number of hydrogen-bond acceptors (Lipinski definition) is 3. The SMILES string of the molecule is O=S(=O)(Cl)CCc1cn[nH]c1-c1ccccc1. The van der Waals surface area contributed by atoms with Crippen LogP contribution in [0.4, 0.5) is 0 Å². The third-order valence-electron chi connectivity index (χ3n) is 2.40. The molecular formula is C11H11ClN2O2S. The van der Waals surface area contributed by atoms with Gasteiger partial charge in [0.25, 0.3) is 0 Å². The Hall–Kier alpha value is -1.33. The van der Waals surface area contributed by atoms with Gasteiger partial charge in [0.15, 0.2) is 0 Å². The predicted molar refractivity (Wildman–Crippen MR) is 67.4 cm³/mol. The second-order valence-corrected chi connectivity index (χ2v) is 6.53. The molecule has 6 heteroatoms. The van der Waals surface area contributed by atoms with Gasteiger partial charge in [-0.05, 0) is 17.5 Å². The first-order valence-electron chi connectivity index (χ1n) is 5.06. The molecule has 0 aliphatic rings. The molecule has 0 spiro atoms. The Balaban J connectivity index is 2.24. The van der Waals surface area contributed by atoms with Crippen molar-refractivity contribution in [1.82, 2.24) is 10.2 Å². The molecule has 0 saturated heterocycles. The summed E-state index contributed by atoms with van der Waals surface area (Å²) in [5.74, 6) is -0.0894. The molecule has 1 aromatic heterocycles. The van der Waals surface area contributed by atoms with E-state index in [1.54, 1.807) is 6.20 Å². The zero-order chi connectivity index (χ0) is 12.3. The molecule has 17 heavy (non-hydrogen) atoms. The Bertz CT molecular complexity index is 593. The Labute approximate surface area is 104 Å². The monoisotopic (exact) mass is 270 g/mol. The Morgan fingerprint density at radius 2 is 1.94 bits per heavy atom. The van der Waals surface area contributed by atoms with Crippen molar-refractivity contribution in [2.75, 3.05) is 5.75 Å². The summed E-state index contributed by atoms with van der Waals surface area (Å²) >= 11 is 0. The first-order chi connectivity index (χ1) is 8.06. The number of H-pyrrole nitrogens is 1. The van der Waals surface area contributed by atoms with E-state index in [1.807, 2.05) is 30.3 Å². The molecule has 2 rings (SSSR count). The molecule has 90 valence electrons. The van der Waals surface area contributed by atoms with E-state index in [4.69, 9.17) is 10.7 Å². The van der Waals surface area contributed by atoms with Gasteiger partial charge < -0.3 is 0 Å². The van der Waals surface area contributed by atoms with Crippen LogP contribution < -0.4 is 0 Å². The minimum Gasteiger partial charge on any atom is -0.278 e. The first-order valence-corrected chi connectivity index (χ1v) is 7.54. The second kappa shape index (κ2) is 4.89. The highest BCUT2D eigenvalue weighted by Crippen LogP contribution is 2.21. The minimum absolute atomic E-state index is 0.0894. The smallest absolute Gasteiger partial charge is 0.232 e. The van der Waals surface area contributed by atoms with Crippen molar-refractivity contribution in [3.63, 3.8) is 0 Å². The molecule has 0 amide bonds. The second-order valence-electron chi connectivity index (χ2n) is 3.63. The maximum Gasteiger partial charge on any atom is 0.232 e. The molecule has 0 unspecified atom stereocenters. The molecule has 1 heterocycles. The predicted octanol–water partition coefficient (Wildman–Crippen LogP) is 2.19. The van der Waals surface area contributed by atoms with E-state index in [2.05, 4.69) is 10.2 Å². The lowest BCUT2D eigenvalue weighted by Gasteiger charge is -2.01. The van der Waals surface area contributed by atoms with Gasteiger partial charge in [0, 0.05) is 10.7 Å². The molecule has 0 aliphatic carbocycles. The number of benzene rings is 1. The van der Waals surface area contributed by atoms with Gasteiger partial charge in [0.05, 0.1) is 17.6 Å². The van der Waals surface area contributed by atoms with Crippen molar-refractivity contribution in [3.8, 4) is 11.3 Å².